The van der Waals surface area contributed by atoms with E-state index in [-0.39, 0.29) is 17.8 Å². The van der Waals surface area contributed by atoms with Gasteiger partial charge in [-0.15, -0.1) is 0 Å². The van der Waals surface area contributed by atoms with Crippen LogP contribution in [0.25, 0.3) is 0 Å². The number of carbonyl (C=O) groups is 1. The molecule has 1 amide bonds. The van der Waals surface area contributed by atoms with E-state index in [1.165, 1.54) is 12.1 Å². The Morgan fingerprint density at radius 3 is 2.50 bits per heavy atom. The number of carbonyl (C=O) groups excluding carboxylic acids is 1. The number of hydrogen-bond donors (Lipinski definition) is 0. The van der Waals surface area contributed by atoms with Gasteiger partial charge in [-0.2, -0.15) is 0 Å². The van der Waals surface area contributed by atoms with Crippen LogP contribution in [0.5, 0.6) is 0 Å². The predicted molar refractivity (Wildman–Crippen MR) is 73.5 cm³/mol. The fourth-order valence-corrected chi connectivity index (χ4v) is 1.92. The topological polar surface area (TPSA) is 72.5 Å². The summed E-state index contributed by atoms with van der Waals surface area (Å²) in [6.07, 6.45) is 0.390. The molecule has 1 atom stereocenters. The van der Waals surface area contributed by atoms with Crippen molar-refractivity contribution in [3.8, 4) is 0 Å². The van der Waals surface area contributed by atoms with Crippen molar-refractivity contribution in [2.75, 3.05) is 6.54 Å². The van der Waals surface area contributed by atoms with Gasteiger partial charge < -0.3 is 9.64 Å². The molecular formula is C14H18N2O4. The van der Waals surface area contributed by atoms with E-state index >= 15 is 0 Å². The molecule has 1 heterocycles. The summed E-state index contributed by atoms with van der Waals surface area (Å²) in [5.41, 5.74) is 0.567. The molecule has 1 saturated heterocycles. The van der Waals surface area contributed by atoms with Crippen molar-refractivity contribution in [3.63, 3.8) is 0 Å². The lowest BCUT2D eigenvalue weighted by Gasteiger charge is -2.19. The van der Waals surface area contributed by atoms with Crippen LogP contribution in [0.15, 0.2) is 24.3 Å². The number of rotatable bonds is 3. The molecule has 6 nitrogen and oxygen atoms in total. The average molecular weight is 278 g/mol. The summed E-state index contributed by atoms with van der Waals surface area (Å²) in [5, 5.41) is 10.6. The SMILES string of the molecule is CC(C)(C)OC(=O)N1CC1Cc1ccc([N+](=O)[O-])cc1. The summed E-state index contributed by atoms with van der Waals surface area (Å²) >= 11 is 0. The Morgan fingerprint density at radius 1 is 1.40 bits per heavy atom. The summed E-state index contributed by atoms with van der Waals surface area (Å²) in [6, 6.07) is 6.55. The molecule has 6 heteroatoms. The van der Waals surface area contributed by atoms with Gasteiger partial charge in [-0.05, 0) is 32.8 Å². The fourth-order valence-electron chi connectivity index (χ4n) is 1.92. The van der Waals surface area contributed by atoms with Crippen molar-refractivity contribution in [1.29, 1.82) is 0 Å². The molecule has 108 valence electrons. The van der Waals surface area contributed by atoms with E-state index < -0.39 is 10.5 Å². The number of nitrogens with zero attached hydrogens (tertiary/aromatic N) is 2. The van der Waals surface area contributed by atoms with Crippen molar-refractivity contribution in [2.45, 2.75) is 38.8 Å². The van der Waals surface area contributed by atoms with Crippen LogP contribution in [0.4, 0.5) is 10.5 Å². The van der Waals surface area contributed by atoms with Gasteiger partial charge in [-0.3, -0.25) is 10.1 Å². The molecule has 20 heavy (non-hydrogen) atoms. The molecule has 0 bridgehead atoms. The van der Waals surface area contributed by atoms with Crippen molar-refractivity contribution in [2.24, 2.45) is 0 Å². The highest BCUT2D eigenvalue weighted by atomic mass is 16.6. The second-order valence-electron chi connectivity index (χ2n) is 5.91. The van der Waals surface area contributed by atoms with Crippen LogP contribution in [0.2, 0.25) is 0 Å². The van der Waals surface area contributed by atoms with Crippen molar-refractivity contribution in [1.82, 2.24) is 4.90 Å². The van der Waals surface area contributed by atoms with Crippen LogP contribution in [0, 0.1) is 10.1 Å². The molecule has 0 aliphatic carbocycles. The zero-order valence-electron chi connectivity index (χ0n) is 11.8. The number of ether oxygens (including phenoxy) is 1. The van der Waals surface area contributed by atoms with Crippen LogP contribution in [-0.4, -0.2) is 34.1 Å². The number of non-ortho nitro benzene ring substituents is 1. The van der Waals surface area contributed by atoms with Gasteiger partial charge in [0, 0.05) is 18.7 Å². The average Bonchev–Trinajstić information content (AvgIpc) is 3.07. The molecule has 0 spiro atoms. The largest absolute Gasteiger partial charge is 0.444 e. The van der Waals surface area contributed by atoms with E-state index in [0.29, 0.717) is 13.0 Å². The normalized spacial score (nSPS) is 17.8. The molecule has 0 radical (unpaired) electrons. The zero-order chi connectivity index (χ0) is 14.9. The lowest BCUT2D eigenvalue weighted by atomic mass is 10.1. The van der Waals surface area contributed by atoms with Crippen molar-refractivity contribution < 1.29 is 14.5 Å². The van der Waals surface area contributed by atoms with Crippen molar-refractivity contribution >= 4 is 11.8 Å². The van der Waals surface area contributed by atoms with E-state index in [4.69, 9.17) is 4.74 Å². The number of benzene rings is 1. The second kappa shape index (κ2) is 5.11. The van der Waals surface area contributed by atoms with Gasteiger partial charge in [0.05, 0.1) is 11.0 Å². The Balaban J connectivity index is 1.87. The minimum Gasteiger partial charge on any atom is -0.444 e. The maximum absolute atomic E-state index is 11.8. The third-order valence-corrected chi connectivity index (χ3v) is 2.96. The Bertz CT molecular complexity index is 519. The fraction of sp³-hybridized carbons (Fsp3) is 0.500. The molecule has 0 aromatic heterocycles. The van der Waals surface area contributed by atoms with Gasteiger partial charge in [0.1, 0.15) is 5.60 Å². The maximum atomic E-state index is 11.8. The minimum absolute atomic E-state index is 0.0774. The van der Waals surface area contributed by atoms with Gasteiger partial charge in [-0.1, -0.05) is 12.1 Å². The Kier molecular flexibility index (Phi) is 3.65. The van der Waals surface area contributed by atoms with Gasteiger partial charge >= 0.3 is 6.09 Å². The predicted octanol–water partition coefficient (Wildman–Crippen LogP) is 2.76. The Hall–Kier alpha value is -2.11. The Labute approximate surface area is 117 Å². The molecule has 0 saturated carbocycles. The van der Waals surface area contributed by atoms with Crippen LogP contribution >= 0.6 is 0 Å². The molecule has 1 unspecified atom stereocenters. The molecule has 1 aliphatic rings. The summed E-state index contributed by atoms with van der Waals surface area (Å²) < 4.78 is 5.28. The third-order valence-electron chi connectivity index (χ3n) is 2.96. The van der Waals surface area contributed by atoms with E-state index in [1.54, 1.807) is 17.0 Å². The van der Waals surface area contributed by atoms with E-state index in [0.717, 1.165) is 5.56 Å². The lowest BCUT2D eigenvalue weighted by molar-refractivity contribution is -0.384. The molecule has 1 fully saturated rings. The second-order valence-corrected chi connectivity index (χ2v) is 5.91. The standard InChI is InChI=1S/C14H18N2O4/c1-14(2,3)20-13(17)15-9-12(15)8-10-4-6-11(7-5-10)16(18)19/h4-7,12H,8-9H2,1-3H3. The summed E-state index contributed by atoms with van der Waals surface area (Å²) in [5.74, 6) is 0. The van der Waals surface area contributed by atoms with E-state index in [2.05, 4.69) is 0 Å². The maximum Gasteiger partial charge on any atom is 0.410 e. The number of hydrogen-bond acceptors (Lipinski definition) is 4. The molecule has 1 aromatic carbocycles. The summed E-state index contributed by atoms with van der Waals surface area (Å²) in [6.45, 7) is 6.17. The highest BCUT2D eigenvalue weighted by molar-refractivity contribution is 5.71. The number of nitro benzene ring substituents is 1. The van der Waals surface area contributed by atoms with Gasteiger partial charge in [0.25, 0.3) is 5.69 Å². The van der Waals surface area contributed by atoms with Crippen LogP contribution in [0.1, 0.15) is 26.3 Å². The first-order valence-electron chi connectivity index (χ1n) is 6.49. The first-order valence-corrected chi connectivity index (χ1v) is 6.49. The zero-order valence-corrected chi connectivity index (χ0v) is 11.8. The summed E-state index contributed by atoms with van der Waals surface area (Å²) in [7, 11) is 0. The first-order chi connectivity index (χ1) is 9.26. The van der Waals surface area contributed by atoms with Crippen LogP contribution in [-0.2, 0) is 11.2 Å². The van der Waals surface area contributed by atoms with Gasteiger partial charge in [0.15, 0.2) is 0 Å². The highest BCUT2D eigenvalue weighted by Gasteiger charge is 2.40. The third kappa shape index (κ3) is 3.69. The first kappa shape index (κ1) is 14.3. The molecule has 1 aromatic rings. The van der Waals surface area contributed by atoms with Crippen molar-refractivity contribution in [3.05, 3.63) is 39.9 Å². The van der Waals surface area contributed by atoms with Gasteiger partial charge in [0.2, 0.25) is 0 Å². The highest BCUT2D eigenvalue weighted by Crippen LogP contribution is 2.25. The number of nitro groups is 1. The quantitative estimate of drug-likeness (QED) is 0.484. The number of amides is 1. The lowest BCUT2D eigenvalue weighted by Crippen LogP contribution is -2.28. The van der Waals surface area contributed by atoms with E-state index in [9.17, 15) is 14.9 Å². The minimum atomic E-state index is -0.489. The van der Waals surface area contributed by atoms with Crippen LogP contribution < -0.4 is 0 Å². The Morgan fingerprint density at radius 2 is 2.00 bits per heavy atom. The smallest absolute Gasteiger partial charge is 0.410 e. The van der Waals surface area contributed by atoms with Gasteiger partial charge in [-0.25, -0.2) is 4.79 Å². The molecule has 1 aliphatic heterocycles. The summed E-state index contributed by atoms with van der Waals surface area (Å²) in [4.78, 5) is 23.6. The van der Waals surface area contributed by atoms with E-state index in [1.807, 2.05) is 20.8 Å². The molecule has 0 N–H and O–H groups in total. The molecular weight excluding hydrogens is 260 g/mol. The van der Waals surface area contributed by atoms with Crippen LogP contribution in [0.3, 0.4) is 0 Å². The monoisotopic (exact) mass is 278 g/mol. The molecule has 2 rings (SSSR count).